The van der Waals surface area contributed by atoms with E-state index in [0.29, 0.717) is 30.6 Å². The number of carbonyl (C=O) groups is 1. The van der Waals surface area contributed by atoms with Gasteiger partial charge in [0.15, 0.2) is 6.10 Å². The van der Waals surface area contributed by atoms with Crippen LogP contribution in [0.15, 0.2) is 46.9 Å². The van der Waals surface area contributed by atoms with Crippen molar-refractivity contribution in [3.63, 3.8) is 0 Å². The number of carboxylic acids is 1. The molecule has 0 aliphatic carbocycles. The highest BCUT2D eigenvalue weighted by Crippen LogP contribution is 2.26. The van der Waals surface area contributed by atoms with Crippen LogP contribution in [0.1, 0.15) is 54.8 Å². The third-order valence-electron chi connectivity index (χ3n) is 5.46. The number of benzene rings is 2. The van der Waals surface area contributed by atoms with Crippen molar-refractivity contribution in [1.82, 2.24) is 4.98 Å². The van der Waals surface area contributed by atoms with Gasteiger partial charge >= 0.3 is 5.97 Å². The Bertz CT molecular complexity index is 1050. The van der Waals surface area contributed by atoms with Gasteiger partial charge in [-0.2, -0.15) is 0 Å². The lowest BCUT2D eigenvalue weighted by molar-refractivity contribution is -0.149. The van der Waals surface area contributed by atoms with Gasteiger partial charge in [-0.25, -0.2) is 9.78 Å². The molecule has 0 bridgehead atoms. The zero-order valence-electron chi connectivity index (χ0n) is 19.3. The number of oxazole rings is 1. The van der Waals surface area contributed by atoms with Crippen LogP contribution in [0, 0.1) is 13.8 Å². The van der Waals surface area contributed by atoms with E-state index >= 15 is 0 Å². The van der Waals surface area contributed by atoms with E-state index < -0.39 is 12.1 Å². The number of aromatic nitrogens is 1. The van der Waals surface area contributed by atoms with E-state index in [-0.39, 0.29) is 6.61 Å². The quantitative estimate of drug-likeness (QED) is 0.439. The van der Waals surface area contributed by atoms with Crippen molar-refractivity contribution >= 4 is 5.97 Å². The van der Waals surface area contributed by atoms with E-state index in [2.05, 4.69) is 31.0 Å². The molecule has 170 valence electrons. The van der Waals surface area contributed by atoms with Crippen LogP contribution in [0.2, 0.25) is 0 Å². The molecule has 0 saturated carbocycles. The first-order chi connectivity index (χ1) is 15.3. The van der Waals surface area contributed by atoms with Gasteiger partial charge in [-0.1, -0.05) is 32.0 Å². The average molecular weight is 438 g/mol. The van der Waals surface area contributed by atoms with E-state index in [1.165, 1.54) is 5.56 Å². The van der Waals surface area contributed by atoms with E-state index in [9.17, 15) is 9.90 Å². The molecule has 1 aromatic heterocycles. The summed E-state index contributed by atoms with van der Waals surface area (Å²) in [5, 5.41) is 9.30. The molecule has 1 N–H and O–H groups in total. The second-order valence-corrected chi connectivity index (χ2v) is 8.16. The fraction of sp³-hybridized carbons (Fsp3) is 0.385. The first-order valence-corrected chi connectivity index (χ1v) is 10.9. The number of carboxylic acid groups (broad SMARTS) is 1. The lowest BCUT2D eigenvalue weighted by Crippen LogP contribution is -2.26. The standard InChI is InChI=1S/C26H31NO5/c1-6-30-24(26(28)29)14-21-11-12-22(13-17(21)4)31-15-23-18(5)32-25(27-23)20-9-7-19(8-10-20)16(2)3/h7-13,16,24H,6,14-15H2,1-5H3,(H,28,29)/t24-/m0/s1. The Balaban J connectivity index is 1.66. The molecule has 6 nitrogen and oxygen atoms in total. The van der Waals surface area contributed by atoms with E-state index in [4.69, 9.17) is 13.9 Å². The van der Waals surface area contributed by atoms with E-state index in [0.717, 1.165) is 28.1 Å². The summed E-state index contributed by atoms with van der Waals surface area (Å²) in [5.74, 6) is 1.52. The summed E-state index contributed by atoms with van der Waals surface area (Å²) < 4.78 is 17.1. The number of nitrogens with zero attached hydrogens (tertiary/aromatic N) is 1. The second kappa shape index (κ2) is 10.5. The normalized spacial score (nSPS) is 12.2. The molecule has 2 aromatic carbocycles. The van der Waals surface area contributed by atoms with E-state index in [1.54, 1.807) is 6.92 Å². The smallest absolute Gasteiger partial charge is 0.333 e. The molecule has 0 aliphatic heterocycles. The van der Waals surface area contributed by atoms with Crippen LogP contribution in [0.5, 0.6) is 5.75 Å². The maximum atomic E-state index is 11.3. The van der Waals surface area contributed by atoms with Gasteiger partial charge in [-0.05, 0) is 67.6 Å². The van der Waals surface area contributed by atoms with Gasteiger partial charge in [0.1, 0.15) is 23.8 Å². The van der Waals surface area contributed by atoms with Gasteiger partial charge in [-0.15, -0.1) is 0 Å². The highest BCUT2D eigenvalue weighted by atomic mass is 16.5. The van der Waals surface area contributed by atoms with Gasteiger partial charge in [0.25, 0.3) is 0 Å². The minimum Gasteiger partial charge on any atom is -0.487 e. The Morgan fingerprint density at radius 1 is 1.12 bits per heavy atom. The highest BCUT2D eigenvalue weighted by Gasteiger charge is 2.19. The molecule has 0 saturated heterocycles. The number of aliphatic carboxylic acids is 1. The molecule has 3 rings (SSSR count). The minimum absolute atomic E-state index is 0.287. The van der Waals surface area contributed by atoms with Gasteiger partial charge in [-0.3, -0.25) is 0 Å². The van der Waals surface area contributed by atoms with Crippen molar-refractivity contribution in [2.75, 3.05) is 6.61 Å². The van der Waals surface area contributed by atoms with Crippen LogP contribution >= 0.6 is 0 Å². The summed E-state index contributed by atoms with van der Waals surface area (Å²) >= 11 is 0. The Morgan fingerprint density at radius 3 is 2.44 bits per heavy atom. The Hall–Kier alpha value is -3.12. The summed E-state index contributed by atoms with van der Waals surface area (Å²) in [6.07, 6.45) is -0.535. The number of aryl methyl sites for hydroxylation is 2. The van der Waals surface area contributed by atoms with Crippen LogP contribution < -0.4 is 4.74 Å². The van der Waals surface area contributed by atoms with Crippen LogP contribution in [0.4, 0.5) is 0 Å². The van der Waals surface area contributed by atoms with Crippen molar-refractivity contribution in [1.29, 1.82) is 0 Å². The fourth-order valence-corrected chi connectivity index (χ4v) is 3.45. The van der Waals surface area contributed by atoms with Gasteiger partial charge in [0.05, 0.1) is 0 Å². The molecule has 1 atom stereocenters. The predicted octanol–water partition coefficient (Wildman–Crippen LogP) is 5.69. The highest BCUT2D eigenvalue weighted by molar-refractivity contribution is 5.72. The maximum absolute atomic E-state index is 11.3. The molecule has 0 amide bonds. The molecule has 6 heteroatoms. The predicted molar refractivity (Wildman–Crippen MR) is 123 cm³/mol. The molecule has 1 heterocycles. The topological polar surface area (TPSA) is 81.8 Å². The van der Waals surface area contributed by atoms with Crippen LogP contribution in [0.25, 0.3) is 11.5 Å². The zero-order valence-corrected chi connectivity index (χ0v) is 19.3. The van der Waals surface area contributed by atoms with Crippen molar-refractivity contribution in [2.45, 2.75) is 59.7 Å². The molecule has 0 radical (unpaired) electrons. The number of rotatable bonds is 10. The number of ether oxygens (including phenoxy) is 2. The Kier molecular flexibility index (Phi) is 7.70. The first-order valence-electron chi connectivity index (χ1n) is 10.9. The largest absolute Gasteiger partial charge is 0.487 e. The van der Waals surface area contributed by atoms with Crippen LogP contribution in [-0.4, -0.2) is 28.8 Å². The lowest BCUT2D eigenvalue weighted by Gasteiger charge is -2.15. The SMILES string of the molecule is CCO[C@@H](Cc1ccc(OCc2nc(-c3ccc(C(C)C)cc3)oc2C)cc1C)C(=O)O. The Labute approximate surface area is 189 Å². The monoisotopic (exact) mass is 437 g/mol. The third kappa shape index (κ3) is 5.77. The molecule has 32 heavy (non-hydrogen) atoms. The van der Waals surface area contributed by atoms with Crippen LogP contribution in [0.3, 0.4) is 0 Å². The molecular weight excluding hydrogens is 406 g/mol. The van der Waals surface area contributed by atoms with Gasteiger partial charge < -0.3 is 19.0 Å². The fourth-order valence-electron chi connectivity index (χ4n) is 3.45. The Morgan fingerprint density at radius 2 is 1.84 bits per heavy atom. The first kappa shape index (κ1) is 23.5. The van der Waals surface area contributed by atoms with Gasteiger partial charge in [0.2, 0.25) is 5.89 Å². The lowest BCUT2D eigenvalue weighted by atomic mass is 10.0. The maximum Gasteiger partial charge on any atom is 0.333 e. The molecular formula is C26H31NO5. The third-order valence-corrected chi connectivity index (χ3v) is 5.46. The minimum atomic E-state index is -0.956. The van der Waals surface area contributed by atoms with Crippen molar-refractivity contribution in [3.8, 4) is 17.2 Å². The van der Waals surface area contributed by atoms with Crippen molar-refractivity contribution < 1.29 is 23.8 Å². The number of hydrogen-bond donors (Lipinski definition) is 1. The summed E-state index contributed by atoms with van der Waals surface area (Å²) in [4.78, 5) is 16.0. The van der Waals surface area contributed by atoms with E-state index in [1.807, 2.05) is 44.2 Å². The van der Waals surface area contributed by atoms with Gasteiger partial charge in [0, 0.05) is 18.6 Å². The zero-order chi connectivity index (χ0) is 23.3. The molecule has 3 aromatic rings. The molecule has 0 spiro atoms. The van der Waals surface area contributed by atoms with Crippen LogP contribution in [-0.2, 0) is 22.6 Å². The summed E-state index contributed by atoms with van der Waals surface area (Å²) in [6.45, 7) is 10.6. The molecule has 0 aliphatic rings. The molecule has 0 unspecified atom stereocenters. The van der Waals surface area contributed by atoms with Crippen molar-refractivity contribution in [2.24, 2.45) is 0 Å². The average Bonchev–Trinajstić information content (AvgIpc) is 3.14. The summed E-state index contributed by atoms with van der Waals surface area (Å²) in [5.41, 5.74) is 4.83. The second-order valence-electron chi connectivity index (χ2n) is 8.16. The summed E-state index contributed by atoms with van der Waals surface area (Å²) in [7, 11) is 0. The molecule has 0 fully saturated rings. The van der Waals surface area contributed by atoms with Crippen molar-refractivity contribution in [3.05, 3.63) is 70.6 Å². The summed E-state index contributed by atoms with van der Waals surface area (Å²) in [6, 6.07) is 13.9. The number of hydrogen-bond acceptors (Lipinski definition) is 5.